The Labute approximate surface area is 217 Å². The van der Waals surface area contributed by atoms with E-state index in [4.69, 9.17) is 9.97 Å². The van der Waals surface area contributed by atoms with Crippen molar-refractivity contribution in [3.63, 3.8) is 0 Å². The molecule has 1 fully saturated rings. The molecule has 2 aliphatic carbocycles. The monoisotopic (exact) mass is 489 g/mol. The first-order chi connectivity index (χ1) is 17.7. The maximum absolute atomic E-state index is 14.1. The lowest BCUT2D eigenvalue weighted by molar-refractivity contribution is -0.125. The van der Waals surface area contributed by atoms with Crippen LogP contribution in [0.4, 0.5) is 17.1 Å². The number of rotatable bonds is 4. The number of hydrogen-bond acceptors (Lipinski definition) is 5. The number of carbonyl (C=O) groups excluding carboxylic acids is 1. The van der Waals surface area contributed by atoms with E-state index in [0.29, 0.717) is 0 Å². The van der Waals surface area contributed by atoms with Crippen molar-refractivity contribution in [2.45, 2.75) is 58.3 Å². The molecule has 1 saturated carbocycles. The van der Waals surface area contributed by atoms with E-state index in [9.17, 15) is 4.79 Å². The molecule has 2 unspecified atom stereocenters. The van der Waals surface area contributed by atoms with Crippen LogP contribution in [0.2, 0.25) is 0 Å². The number of carbonyl (C=O) groups is 1. The van der Waals surface area contributed by atoms with Crippen LogP contribution in [0.1, 0.15) is 56.1 Å². The summed E-state index contributed by atoms with van der Waals surface area (Å²) in [6.07, 6.45) is 1.66. The summed E-state index contributed by atoms with van der Waals surface area (Å²) in [5, 5.41) is 11.8. The summed E-state index contributed by atoms with van der Waals surface area (Å²) in [4.78, 5) is 24.4. The smallest absolute Gasteiger partial charge is 0.237 e. The molecule has 2 aliphatic rings. The molecule has 0 saturated heterocycles. The second-order valence-corrected chi connectivity index (χ2v) is 11.2. The highest BCUT2D eigenvalue weighted by Crippen LogP contribution is 2.70. The second kappa shape index (κ2) is 8.04. The Hall–Kier alpha value is -3.93. The lowest BCUT2D eigenvalue weighted by atomic mass is 9.63. The van der Waals surface area contributed by atoms with Gasteiger partial charge >= 0.3 is 0 Å². The van der Waals surface area contributed by atoms with Crippen LogP contribution in [0.25, 0.3) is 11.0 Å². The SMILES string of the molecule is Cc1cc2nc3c(nc2cc1C)C1(C(=O)Nc2ccc(N=Nc4ccccc4)cc2)CCC3(C)C1(C)C. The van der Waals surface area contributed by atoms with Crippen molar-refractivity contribution >= 4 is 34.0 Å². The third kappa shape index (κ3) is 3.28. The van der Waals surface area contributed by atoms with E-state index >= 15 is 0 Å². The molecule has 186 valence electrons. The molecule has 2 atom stereocenters. The number of benzene rings is 3. The normalized spacial score (nSPS) is 23.5. The van der Waals surface area contributed by atoms with Gasteiger partial charge in [-0.2, -0.15) is 10.2 Å². The molecule has 1 amide bonds. The number of amides is 1. The van der Waals surface area contributed by atoms with E-state index in [1.165, 1.54) is 11.1 Å². The van der Waals surface area contributed by atoms with Crippen molar-refractivity contribution < 1.29 is 4.79 Å². The predicted octanol–water partition coefficient (Wildman–Crippen LogP) is 7.63. The van der Waals surface area contributed by atoms with Crippen LogP contribution in [-0.4, -0.2) is 15.9 Å². The van der Waals surface area contributed by atoms with Crippen molar-refractivity contribution in [2.24, 2.45) is 15.6 Å². The zero-order valence-corrected chi connectivity index (χ0v) is 22.0. The largest absolute Gasteiger partial charge is 0.325 e. The van der Waals surface area contributed by atoms with Crippen LogP contribution in [0.5, 0.6) is 0 Å². The molecular weight excluding hydrogens is 458 g/mol. The molecular formula is C31H31N5O. The maximum Gasteiger partial charge on any atom is 0.237 e. The Balaban J connectivity index is 1.34. The topological polar surface area (TPSA) is 79.6 Å². The van der Waals surface area contributed by atoms with Crippen molar-refractivity contribution in [2.75, 3.05) is 5.32 Å². The molecule has 0 radical (unpaired) electrons. The number of aromatic nitrogens is 2. The molecule has 0 aliphatic heterocycles. The van der Waals surface area contributed by atoms with Gasteiger partial charge in [-0.1, -0.05) is 39.0 Å². The van der Waals surface area contributed by atoms with Gasteiger partial charge in [0.25, 0.3) is 0 Å². The number of nitrogens with one attached hydrogen (secondary N) is 1. The third-order valence-corrected chi connectivity index (χ3v) is 9.20. The fraction of sp³-hybridized carbons (Fsp3) is 0.323. The minimum Gasteiger partial charge on any atom is -0.325 e. The van der Waals surface area contributed by atoms with Gasteiger partial charge in [-0.25, -0.2) is 9.97 Å². The summed E-state index contributed by atoms with van der Waals surface area (Å²) in [6.45, 7) is 10.9. The van der Waals surface area contributed by atoms with Gasteiger partial charge < -0.3 is 5.32 Å². The summed E-state index contributed by atoms with van der Waals surface area (Å²) in [7, 11) is 0. The lowest BCUT2D eigenvalue weighted by Crippen LogP contribution is -2.48. The summed E-state index contributed by atoms with van der Waals surface area (Å²) in [6, 6.07) is 21.3. The number of fused-ring (bicyclic) bond motifs is 6. The first kappa shape index (κ1) is 23.5. The zero-order chi connectivity index (χ0) is 26.0. The molecule has 6 rings (SSSR count). The molecule has 1 aromatic heterocycles. The maximum atomic E-state index is 14.1. The van der Waals surface area contributed by atoms with Crippen LogP contribution in [0.15, 0.2) is 77.0 Å². The molecule has 2 bridgehead atoms. The first-order valence-electron chi connectivity index (χ1n) is 12.8. The highest BCUT2D eigenvalue weighted by atomic mass is 16.2. The third-order valence-electron chi connectivity index (χ3n) is 9.20. The van der Waals surface area contributed by atoms with Crippen LogP contribution >= 0.6 is 0 Å². The zero-order valence-electron chi connectivity index (χ0n) is 22.0. The molecule has 6 heteroatoms. The Morgan fingerprint density at radius 1 is 0.784 bits per heavy atom. The van der Waals surface area contributed by atoms with E-state index in [0.717, 1.165) is 52.3 Å². The molecule has 1 heterocycles. The van der Waals surface area contributed by atoms with Crippen molar-refractivity contribution in [1.82, 2.24) is 9.97 Å². The number of azo groups is 1. The summed E-state index contributed by atoms with van der Waals surface area (Å²) in [5.74, 6) is -0.0175. The standard InChI is InChI=1S/C31H31N5O/c1-19-17-24-25(18-20(19)2)34-27-26(33-24)30(5)15-16-31(27,29(30,3)4)28(37)32-21-11-13-23(14-12-21)36-35-22-9-7-6-8-10-22/h6-14,17-18H,15-16H2,1-5H3,(H,32,37). The molecule has 1 N–H and O–H groups in total. The van der Waals surface area contributed by atoms with Crippen LogP contribution in [0.3, 0.4) is 0 Å². The Bertz CT molecular complexity index is 1580. The summed E-state index contributed by atoms with van der Waals surface area (Å²) >= 11 is 0. The van der Waals surface area contributed by atoms with E-state index in [1.807, 2.05) is 54.6 Å². The number of anilines is 1. The second-order valence-electron chi connectivity index (χ2n) is 11.2. The molecule has 0 spiro atoms. The molecule has 37 heavy (non-hydrogen) atoms. The summed E-state index contributed by atoms with van der Waals surface area (Å²) in [5.41, 5.74) is 6.91. The fourth-order valence-corrected chi connectivity index (χ4v) is 6.32. The molecule has 4 aromatic rings. The van der Waals surface area contributed by atoms with Crippen molar-refractivity contribution in [3.05, 3.63) is 89.2 Å². The minimum absolute atomic E-state index is 0.0175. The van der Waals surface area contributed by atoms with Crippen molar-refractivity contribution in [1.29, 1.82) is 0 Å². The average molecular weight is 490 g/mol. The minimum atomic E-state index is -0.747. The first-order valence-corrected chi connectivity index (χ1v) is 12.8. The number of aryl methyl sites for hydroxylation is 2. The fourth-order valence-electron chi connectivity index (χ4n) is 6.32. The van der Waals surface area contributed by atoms with Gasteiger partial charge in [-0.05, 0) is 91.8 Å². The summed E-state index contributed by atoms with van der Waals surface area (Å²) < 4.78 is 0. The van der Waals surface area contributed by atoms with Gasteiger partial charge in [-0.3, -0.25) is 4.79 Å². The Morgan fingerprint density at radius 2 is 1.35 bits per heavy atom. The Morgan fingerprint density at radius 3 is 1.97 bits per heavy atom. The number of hydrogen-bond donors (Lipinski definition) is 1. The van der Waals surface area contributed by atoms with E-state index in [-0.39, 0.29) is 16.7 Å². The number of nitrogens with zero attached hydrogens (tertiary/aromatic N) is 4. The van der Waals surface area contributed by atoms with Crippen LogP contribution in [0, 0.1) is 19.3 Å². The predicted molar refractivity (Wildman–Crippen MR) is 147 cm³/mol. The highest BCUT2D eigenvalue weighted by Gasteiger charge is 2.73. The van der Waals surface area contributed by atoms with Crippen molar-refractivity contribution in [3.8, 4) is 0 Å². The lowest BCUT2D eigenvalue weighted by Gasteiger charge is -2.39. The van der Waals surface area contributed by atoms with E-state index < -0.39 is 5.41 Å². The average Bonchev–Trinajstić information content (AvgIpc) is 3.18. The van der Waals surface area contributed by atoms with Crippen LogP contribution in [-0.2, 0) is 15.6 Å². The quantitative estimate of drug-likeness (QED) is 0.299. The highest BCUT2D eigenvalue weighted by molar-refractivity contribution is 6.02. The van der Waals surface area contributed by atoms with Gasteiger partial charge in [0.1, 0.15) is 0 Å². The van der Waals surface area contributed by atoms with E-state index in [2.05, 4.69) is 62.3 Å². The van der Waals surface area contributed by atoms with Gasteiger partial charge in [-0.15, -0.1) is 0 Å². The van der Waals surface area contributed by atoms with Gasteiger partial charge in [0.05, 0.1) is 39.2 Å². The molecule has 6 nitrogen and oxygen atoms in total. The van der Waals surface area contributed by atoms with Gasteiger partial charge in [0.15, 0.2) is 0 Å². The van der Waals surface area contributed by atoms with Gasteiger partial charge in [0.2, 0.25) is 5.91 Å². The van der Waals surface area contributed by atoms with E-state index in [1.54, 1.807) is 0 Å². The Kier molecular flexibility index (Phi) is 5.10. The van der Waals surface area contributed by atoms with Crippen LogP contribution < -0.4 is 5.32 Å². The van der Waals surface area contributed by atoms with Gasteiger partial charge in [0, 0.05) is 11.1 Å². The molecule has 3 aromatic carbocycles.